The van der Waals surface area contributed by atoms with Crippen LogP contribution in [0.1, 0.15) is 76.2 Å². The Bertz CT molecular complexity index is 978. The molecule has 0 aliphatic carbocycles. The van der Waals surface area contributed by atoms with Gasteiger partial charge in [0.25, 0.3) is 0 Å². The molecule has 0 saturated carbocycles. The molecule has 0 spiro atoms. The summed E-state index contributed by atoms with van der Waals surface area (Å²) in [5.74, 6) is 0.534. The highest BCUT2D eigenvalue weighted by molar-refractivity contribution is 5.71. The molecule has 178 valence electrons. The van der Waals surface area contributed by atoms with Gasteiger partial charge in [-0.05, 0) is 55.9 Å². The maximum atomic E-state index is 12.2. The Morgan fingerprint density at radius 3 is 2.55 bits per heavy atom. The molecule has 2 heterocycles. The lowest BCUT2D eigenvalue weighted by Gasteiger charge is -2.50. The number of carboxylic acid groups (broad SMARTS) is 1. The smallest absolute Gasteiger partial charge is 0.309 e. The zero-order valence-electron chi connectivity index (χ0n) is 20.3. The first-order valence-electron chi connectivity index (χ1n) is 12.1. The van der Waals surface area contributed by atoms with E-state index < -0.39 is 23.6 Å². The van der Waals surface area contributed by atoms with Crippen LogP contribution in [0.3, 0.4) is 0 Å². The summed E-state index contributed by atoms with van der Waals surface area (Å²) < 4.78 is 19.1. The first-order chi connectivity index (χ1) is 15.7. The number of ether oxygens (including phenoxy) is 3. The van der Waals surface area contributed by atoms with Crippen LogP contribution in [-0.2, 0) is 16.0 Å². The second-order valence-electron chi connectivity index (χ2n) is 10.2. The summed E-state index contributed by atoms with van der Waals surface area (Å²) >= 11 is 0. The average Bonchev–Trinajstić information content (AvgIpc) is 2.78. The van der Waals surface area contributed by atoms with Crippen LogP contribution < -0.4 is 9.47 Å². The number of rotatable bonds is 7. The van der Waals surface area contributed by atoms with Gasteiger partial charge in [0, 0.05) is 11.5 Å². The van der Waals surface area contributed by atoms with E-state index in [1.807, 2.05) is 26.0 Å². The highest BCUT2D eigenvalue weighted by Gasteiger charge is 2.52. The molecule has 1 N–H and O–H groups in total. The fourth-order valence-electron chi connectivity index (χ4n) is 5.17. The van der Waals surface area contributed by atoms with Crippen LogP contribution in [0.4, 0.5) is 0 Å². The summed E-state index contributed by atoms with van der Waals surface area (Å²) in [5, 5.41) is 10.00. The molecule has 0 radical (unpaired) electrons. The summed E-state index contributed by atoms with van der Waals surface area (Å²) in [7, 11) is 0. The minimum absolute atomic E-state index is 0.0513. The maximum absolute atomic E-state index is 12.2. The van der Waals surface area contributed by atoms with E-state index in [1.54, 1.807) is 0 Å². The summed E-state index contributed by atoms with van der Waals surface area (Å²) in [6, 6.07) is 14.2. The average molecular weight is 453 g/mol. The van der Waals surface area contributed by atoms with Crippen molar-refractivity contribution in [1.29, 1.82) is 0 Å². The van der Waals surface area contributed by atoms with Crippen molar-refractivity contribution in [3.63, 3.8) is 0 Å². The van der Waals surface area contributed by atoms with Crippen molar-refractivity contribution in [2.45, 2.75) is 77.6 Å². The third-order valence-electron chi connectivity index (χ3n) is 7.13. The summed E-state index contributed by atoms with van der Waals surface area (Å²) in [6.07, 6.45) is 1.71. The van der Waals surface area contributed by atoms with Crippen LogP contribution in [0, 0.1) is 11.8 Å². The third-order valence-corrected chi connectivity index (χ3v) is 7.13. The summed E-state index contributed by atoms with van der Waals surface area (Å²) in [4.78, 5) is 12.2. The highest BCUT2D eigenvalue weighted by atomic mass is 16.6. The van der Waals surface area contributed by atoms with Gasteiger partial charge < -0.3 is 19.3 Å². The van der Waals surface area contributed by atoms with Gasteiger partial charge in [-0.25, -0.2) is 0 Å². The van der Waals surface area contributed by atoms with Crippen LogP contribution in [0.25, 0.3) is 0 Å². The van der Waals surface area contributed by atoms with Crippen LogP contribution in [-0.4, -0.2) is 29.4 Å². The van der Waals surface area contributed by atoms with Crippen molar-refractivity contribution >= 4 is 5.97 Å². The van der Waals surface area contributed by atoms with Crippen molar-refractivity contribution < 1.29 is 24.1 Å². The van der Waals surface area contributed by atoms with Crippen molar-refractivity contribution in [3.8, 4) is 11.5 Å². The fourth-order valence-corrected chi connectivity index (χ4v) is 5.17. The number of hydrogen-bond acceptors (Lipinski definition) is 4. The Morgan fingerprint density at radius 1 is 1.18 bits per heavy atom. The summed E-state index contributed by atoms with van der Waals surface area (Å²) in [5.41, 5.74) is 2.93. The van der Waals surface area contributed by atoms with Crippen LogP contribution in [0.15, 0.2) is 42.5 Å². The van der Waals surface area contributed by atoms with Gasteiger partial charge in [0.15, 0.2) is 0 Å². The van der Waals surface area contributed by atoms with Crippen LogP contribution >= 0.6 is 0 Å². The normalized spacial score (nSPS) is 25.6. The molecule has 5 nitrogen and oxygen atoms in total. The van der Waals surface area contributed by atoms with Gasteiger partial charge in [0.05, 0.1) is 12.0 Å². The number of hydrogen-bond donors (Lipinski definition) is 1. The van der Waals surface area contributed by atoms with E-state index in [1.165, 1.54) is 11.1 Å². The number of aliphatic carboxylic acids is 1. The van der Waals surface area contributed by atoms with Gasteiger partial charge in [-0.3, -0.25) is 4.79 Å². The Labute approximate surface area is 197 Å². The van der Waals surface area contributed by atoms with E-state index >= 15 is 0 Å². The molecule has 2 aliphatic heterocycles. The predicted octanol–water partition coefficient (Wildman–Crippen LogP) is 6.16. The first-order valence-corrected chi connectivity index (χ1v) is 12.1. The quantitative estimate of drug-likeness (QED) is 0.545. The molecule has 1 fully saturated rings. The fraction of sp³-hybridized carbons (Fsp3) is 0.536. The van der Waals surface area contributed by atoms with Crippen LogP contribution in [0.5, 0.6) is 11.5 Å². The van der Waals surface area contributed by atoms with Gasteiger partial charge in [0.1, 0.15) is 29.8 Å². The number of benzene rings is 2. The van der Waals surface area contributed by atoms with Crippen molar-refractivity contribution in [1.82, 2.24) is 0 Å². The van der Waals surface area contributed by atoms with Gasteiger partial charge in [-0.15, -0.1) is 0 Å². The molecule has 4 rings (SSSR count). The molecule has 0 unspecified atom stereocenters. The van der Waals surface area contributed by atoms with E-state index in [0.29, 0.717) is 12.3 Å². The predicted molar refractivity (Wildman–Crippen MR) is 128 cm³/mol. The summed E-state index contributed by atoms with van der Waals surface area (Å²) in [6.45, 7) is 10.8. The minimum atomic E-state index is -0.849. The Kier molecular flexibility index (Phi) is 6.71. The number of carbonyl (C=O) groups is 1. The molecule has 4 atom stereocenters. The van der Waals surface area contributed by atoms with Crippen molar-refractivity contribution in [2.75, 3.05) is 6.61 Å². The number of fused-ring (bicyclic) bond motifs is 3. The molecule has 0 bridgehead atoms. The molecule has 1 saturated heterocycles. The molecule has 5 heteroatoms. The second-order valence-corrected chi connectivity index (χ2v) is 10.2. The monoisotopic (exact) mass is 452 g/mol. The Hall–Kier alpha value is -2.53. The molecule has 0 aromatic heterocycles. The zero-order chi connectivity index (χ0) is 23.8. The highest BCUT2D eigenvalue weighted by Crippen LogP contribution is 2.53. The standard InChI is InChI=1S/C28H36O5/c1-6-8-19-9-7-10-21-25(19)33-28(4,5)23-15-22(27(29)30)24(32-26(21)23)16-31-20-13-11-18(12-14-20)17(2)3/h7,9-14,17,22-24,26H,6,8,15-16H2,1-5H3,(H,29,30)/t22-,23-,24-,26+/m0/s1. The van der Waals surface area contributed by atoms with Crippen molar-refractivity contribution in [2.24, 2.45) is 11.8 Å². The van der Waals surface area contributed by atoms with Gasteiger partial charge in [0.2, 0.25) is 0 Å². The second kappa shape index (κ2) is 9.38. The topological polar surface area (TPSA) is 65.0 Å². The molecule has 0 amide bonds. The van der Waals surface area contributed by atoms with Crippen LogP contribution in [0.2, 0.25) is 0 Å². The molecular weight excluding hydrogens is 416 g/mol. The minimum Gasteiger partial charge on any atom is -0.491 e. The van der Waals surface area contributed by atoms with Crippen molar-refractivity contribution in [3.05, 3.63) is 59.2 Å². The van der Waals surface area contributed by atoms with Gasteiger partial charge in [-0.2, -0.15) is 0 Å². The molecule has 33 heavy (non-hydrogen) atoms. The molecule has 2 aromatic carbocycles. The van der Waals surface area contributed by atoms with Gasteiger partial charge in [-0.1, -0.05) is 57.5 Å². The molecule has 2 aliphatic rings. The van der Waals surface area contributed by atoms with E-state index in [0.717, 1.165) is 29.9 Å². The Balaban J connectivity index is 1.59. The maximum Gasteiger partial charge on any atom is 0.309 e. The number of carboxylic acids is 1. The first kappa shape index (κ1) is 23.6. The SMILES string of the molecule is CCCc1cccc2c1OC(C)(C)[C@H]1C[C@H](C(=O)O)[C@H](COc3ccc(C(C)C)cc3)O[C@H]21. The van der Waals surface area contributed by atoms with E-state index in [2.05, 4.69) is 51.1 Å². The number of aryl methyl sites for hydroxylation is 1. The lowest BCUT2D eigenvalue weighted by Crippen LogP contribution is -2.53. The van der Waals surface area contributed by atoms with E-state index in [4.69, 9.17) is 14.2 Å². The zero-order valence-corrected chi connectivity index (χ0v) is 20.3. The molecule has 2 aromatic rings. The van der Waals surface area contributed by atoms with Gasteiger partial charge >= 0.3 is 5.97 Å². The number of para-hydroxylation sites is 1. The Morgan fingerprint density at radius 2 is 1.91 bits per heavy atom. The third kappa shape index (κ3) is 4.74. The van der Waals surface area contributed by atoms with E-state index in [9.17, 15) is 9.90 Å². The lowest BCUT2D eigenvalue weighted by atomic mass is 9.71. The largest absolute Gasteiger partial charge is 0.491 e. The molecular formula is C28H36O5. The lowest BCUT2D eigenvalue weighted by molar-refractivity contribution is -0.192. The van der Waals surface area contributed by atoms with E-state index in [-0.39, 0.29) is 18.6 Å².